The van der Waals surface area contributed by atoms with Gasteiger partial charge in [0.2, 0.25) is 0 Å². The fourth-order valence-electron chi connectivity index (χ4n) is 3.79. The second kappa shape index (κ2) is 6.92. The zero-order valence-corrected chi connectivity index (χ0v) is 14.5. The van der Waals surface area contributed by atoms with Crippen LogP contribution in [0.15, 0.2) is 42.7 Å². The van der Waals surface area contributed by atoms with Crippen molar-refractivity contribution >= 4 is 11.8 Å². The highest BCUT2D eigenvalue weighted by molar-refractivity contribution is 5.93. The van der Waals surface area contributed by atoms with E-state index in [0.717, 1.165) is 19.3 Å². The summed E-state index contributed by atoms with van der Waals surface area (Å²) < 4.78 is 6.07. The number of aromatic nitrogens is 2. The summed E-state index contributed by atoms with van der Waals surface area (Å²) in [5.41, 5.74) is 0.794. The molecule has 2 aromatic heterocycles. The van der Waals surface area contributed by atoms with E-state index in [0.29, 0.717) is 31.1 Å². The molecular formula is C19H22N4O3. The van der Waals surface area contributed by atoms with Crippen LogP contribution in [0.2, 0.25) is 0 Å². The zero-order valence-electron chi connectivity index (χ0n) is 14.5. The molecule has 26 heavy (non-hydrogen) atoms. The number of aromatic amines is 1. The van der Waals surface area contributed by atoms with E-state index in [1.807, 2.05) is 11.0 Å². The molecule has 2 N–H and O–H groups in total. The number of H-pyrrole nitrogens is 1. The van der Waals surface area contributed by atoms with Gasteiger partial charge >= 0.3 is 0 Å². The van der Waals surface area contributed by atoms with Gasteiger partial charge in [-0.1, -0.05) is 6.07 Å². The Labute approximate surface area is 151 Å². The first-order valence-electron chi connectivity index (χ1n) is 8.94. The Hall–Kier alpha value is -2.67. The zero-order chi connectivity index (χ0) is 18.0. The summed E-state index contributed by atoms with van der Waals surface area (Å²) in [7, 11) is 0. The van der Waals surface area contributed by atoms with Gasteiger partial charge in [-0.2, -0.15) is 0 Å². The van der Waals surface area contributed by atoms with Gasteiger partial charge in [-0.05, 0) is 43.5 Å². The smallest absolute Gasteiger partial charge is 0.270 e. The first-order valence-corrected chi connectivity index (χ1v) is 8.94. The maximum absolute atomic E-state index is 12.4. The van der Waals surface area contributed by atoms with Crippen molar-refractivity contribution in [3.05, 3.63) is 54.1 Å². The van der Waals surface area contributed by atoms with E-state index in [-0.39, 0.29) is 23.5 Å². The topological polar surface area (TPSA) is 87.3 Å². The third kappa shape index (κ3) is 3.35. The average Bonchev–Trinajstić information content (AvgIpc) is 3.33. The van der Waals surface area contributed by atoms with Gasteiger partial charge < -0.3 is 19.9 Å². The molecule has 0 aromatic carbocycles. The molecule has 1 spiro atoms. The predicted octanol–water partition coefficient (Wildman–Crippen LogP) is 1.60. The lowest BCUT2D eigenvalue weighted by atomic mass is 9.87. The SMILES string of the molecule is O=C(N[C@@H]1COC2(CCN(C(=O)c3ccc[nH]3)CC2)C1)c1ccccn1. The van der Waals surface area contributed by atoms with Gasteiger partial charge in [0, 0.05) is 25.5 Å². The minimum absolute atomic E-state index is 0.0184. The Morgan fingerprint density at radius 2 is 2.08 bits per heavy atom. The lowest BCUT2D eigenvalue weighted by Crippen LogP contribution is -2.47. The molecule has 2 aromatic rings. The molecule has 136 valence electrons. The van der Waals surface area contributed by atoms with E-state index in [1.165, 1.54) is 0 Å². The molecule has 2 aliphatic heterocycles. The molecule has 1 atom stereocenters. The number of ether oxygens (including phenoxy) is 1. The largest absolute Gasteiger partial charge is 0.373 e. The third-order valence-corrected chi connectivity index (χ3v) is 5.23. The number of nitrogens with one attached hydrogen (secondary N) is 2. The van der Waals surface area contributed by atoms with E-state index in [2.05, 4.69) is 15.3 Å². The molecule has 2 aliphatic rings. The van der Waals surface area contributed by atoms with E-state index >= 15 is 0 Å². The van der Waals surface area contributed by atoms with Gasteiger partial charge in [0.05, 0.1) is 18.2 Å². The fraction of sp³-hybridized carbons (Fsp3) is 0.421. The van der Waals surface area contributed by atoms with Crippen molar-refractivity contribution in [1.29, 1.82) is 0 Å². The maximum atomic E-state index is 12.4. The summed E-state index contributed by atoms with van der Waals surface area (Å²) >= 11 is 0. The molecule has 0 aliphatic carbocycles. The predicted molar refractivity (Wildman–Crippen MR) is 94.7 cm³/mol. The first kappa shape index (κ1) is 16.8. The van der Waals surface area contributed by atoms with Crippen LogP contribution in [-0.2, 0) is 4.74 Å². The minimum Gasteiger partial charge on any atom is -0.373 e. The van der Waals surface area contributed by atoms with Crippen molar-refractivity contribution in [2.75, 3.05) is 19.7 Å². The number of nitrogens with zero attached hydrogens (tertiary/aromatic N) is 2. The van der Waals surface area contributed by atoms with Crippen LogP contribution < -0.4 is 5.32 Å². The van der Waals surface area contributed by atoms with Crippen molar-refractivity contribution in [2.24, 2.45) is 0 Å². The first-order chi connectivity index (χ1) is 12.7. The summed E-state index contributed by atoms with van der Waals surface area (Å²) in [6.07, 6.45) is 5.72. The highest BCUT2D eigenvalue weighted by Crippen LogP contribution is 2.36. The van der Waals surface area contributed by atoms with Crippen molar-refractivity contribution in [3.63, 3.8) is 0 Å². The van der Waals surface area contributed by atoms with Crippen LogP contribution >= 0.6 is 0 Å². The number of rotatable bonds is 3. The second-order valence-electron chi connectivity index (χ2n) is 6.96. The number of carbonyl (C=O) groups is 2. The number of likely N-dealkylation sites (tertiary alicyclic amines) is 1. The quantitative estimate of drug-likeness (QED) is 0.876. The number of hydrogen-bond acceptors (Lipinski definition) is 4. The summed E-state index contributed by atoms with van der Waals surface area (Å²) in [5, 5.41) is 3.01. The summed E-state index contributed by atoms with van der Waals surface area (Å²) in [6.45, 7) is 1.83. The average molecular weight is 354 g/mol. The molecule has 0 bridgehead atoms. The standard InChI is InChI=1S/C19H22N4O3/c24-17(15-4-1-2-8-20-15)22-14-12-19(26-13-14)6-10-23(11-7-19)18(25)16-5-3-9-21-16/h1-5,8-9,14,21H,6-7,10-13H2,(H,22,24)/t14-/m0/s1. The molecule has 7 nitrogen and oxygen atoms in total. The molecule has 2 saturated heterocycles. The van der Waals surface area contributed by atoms with Gasteiger partial charge in [-0.15, -0.1) is 0 Å². The lowest BCUT2D eigenvalue weighted by molar-refractivity contribution is -0.0390. The van der Waals surface area contributed by atoms with Crippen molar-refractivity contribution < 1.29 is 14.3 Å². The lowest BCUT2D eigenvalue weighted by Gasteiger charge is -2.38. The van der Waals surface area contributed by atoms with Crippen molar-refractivity contribution in [2.45, 2.75) is 30.9 Å². The molecule has 7 heteroatoms. The number of carbonyl (C=O) groups excluding carboxylic acids is 2. The van der Waals surface area contributed by atoms with E-state index < -0.39 is 0 Å². The van der Waals surface area contributed by atoms with Gasteiger partial charge in [-0.3, -0.25) is 14.6 Å². The van der Waals surface area contributed by atoms with Gasteiger partial charge in [-0.25, -0.2) is 0 Å². The van der Waals surface area contributed by atoms with E-state index in [1.54, 1.807) is 36.7 Å². The molecule has 0 saturated carbocycles. The van der Waals surface area contributed by atoms with Crippen LogP contribution in [-0.4, -0.2) is 58.0 Å². The minimum atomic E-state index is -0.241. The van der Waals surface area contributed by atoms with Crippen LogP contribution in [0.3, 0.4) is 0 Å². The van der Waals surface area contributed by atoms with Crippen LogP contribution in [0.25, 0.3) is 0 Å². The molecular weight excluding hydrogens is 332 g/mol. The Morgan fingerprint density at radius 3 is 2.77 bits per heavy atom. The Kier molecular flexibility index (Phi) is 4.46. The second-order valence-corrected chi connectivity index (χ2v) is 6.96. The number of hydrogen-bond donors (Lipinski definition) is 2. The Bertz CT molecular complexity index is 767. The van der Waals surface area contributed by atoms with Crippen molar-refractivity contribution in [3.8, 4) is 0 Å². The van der Waals surface area contributed by atoms with Crippen LogP contribution in [0, 0.1) is 0 Å². The van der Waals surface area contributed by atoms with E-state index in [4.69, 9.17) is 4.74 Å². The number of amides is 2. The summed E-state index contributed by atoms with van der Waals surface area (Å²) in [6, 6.07) is 8.88. The maximum Gasteiger partial charge on any atom is 0.270 e. The summed E-state index contributed by atoms with van der Waals surface area (Å²) in [4.78, 5) is 33.6. The molecule has 0 radical (unpaired) electrons. The molecule has 4 rings (SSSR count). The van der Waals surface area contributed by atoms with Crippen LogP contribution in [0.4, 0.5) is 0 Å². The number of piperidine rings is 1. The van der Waals surface area contributed by atoms with Crippen LogP contribution in [0.1, 0.15) is 40.2 Å². The van der Waals surface area contributed by atoms with Gasteiger partial charge in [0.25, 0.3) is 11.8 Å². The highest BCUT2D eigenvalue weighted by atomic mass is 16.5. The molecule has 2 amide bonds. The Balaban J connectivity index is 1.31. The third-order valence-electron chi connectivity index (χ3n) is 5.23. The summed E-state index contributed by atoms with van der Waals surface area (Å²) in [5.74, 6) is -0.140. The molecule has 4 heterocycles. The van der Waals surface area contributed by atoms with Gasteiger partial charge in [0.1, 0.15) is 11.4 Å². The molecule has 0 unspecified atom stereocenters. The monoisotopic (exact) mass is 354 g/mol. The van der Waals surface area contributed by atoms with E-state index in [9.17, 15) is 9.59 Å². The van der Waals surface area contributed by atoms with Gasteiger partial charge in [0.15, 0.2) is 0 Å². The Morgan fingerprint density at radius 1 is 1.23 bits per heavy atom. The number of pyridine rings is 1. The highest BCUT2D eigenvalue weighted by Gasteiger charge is 2.44. The normalized spacial score (nSPS) is 21.7. The van der Waals surface area contributed by atoms with Crippen LogP contribution in [0.5, 0.6) is 0 Å². The molecule has 2 fully saturated rings. The fourth-order valence-corrected chi connectivity index (χ4v) is 3.79. The van der Waals surface area contributed by atoms with Crippen molar-refractivity contribution in [1.82, 2.24) is 20.2 Å².